The van der Waals surface area contributed by atoms with Crippen molar-refractivity contribution in [1.82, 2.24) is 5.32 Å². The molecule has 1 fully saturated rings. The molecule has 1 heteroatoms. The van der Waals surface area contributed by atoms with Gasteiger partial charge >= 0.3 is 0 Å². The Labute approximate surface area is 96.0 Å². The van der Waals surface area contributed by atoms with E-state index in [1.165, 1.54) is 58.0 Å². The summed E-state index contributed by atoms with van der Waals surface area (Å²) in [4.78, 5) is 0. The van der Waals surface area contributed by atoms with Crippen LogP contribution in [0.2, 0.25) is 0 Å². The molecule has 1 aliphatic carbocycles. The Hall–Kier alpha value is -0.0400. The first-order chi connectivity index (χ1) is 7.16. The standard InChI is InChI=1S/C14H29N/c1-4-8-13(2)11-15-12-14(3)9-6-5-7-10-14/h13,15H,4-12H2,1-3H3. The molecule has 0 heterocycles. The highest BCUT2D eigenvalue weighted by Gasteiger charge is 2.25. The summed E-state index contributed by atoms with van der Waals surface area (Å²) in [6.07, 6.45) is 9.90. The Morgan fingerprint density at radius 1 is 1.20 bits per heavy atom. The van der Waals surface area contributed by atoms with Crippen molar-refractivity contribution >= 4 is 0 Å². The van der Waals surface area contributed by atoms with E-state index in [1.807, 2.05) is 0 Å². The van der Waals surface area contributed by atoms with Gasteiger partial charge in [-0.15, -0.1) is 0 Å². The lowest BCUT2D eigenvalue weighted by Crippen LogP contribution is -2.35. The summed E-state index contributed by atoms with van der Waals surface area (Å²) in [5, 5.41) is 3.68. The number of hydrogen-bond donors (Lipinski definition) is 1. The summed E-state index contributed by atoms with van der Waals surface area (Å²) in [7, 11) is 0. The summed E-state index contributed by atoms with van der Waals surface area (Å²) in [6.45, 7) is 9.55. The lowest BCUT2D eigenvalue weighted by Gasteiger charge is -2.34. The van der Waals surface area contributed by atoms with Gasteiger partial charge in [-0.1, -0.05) is 46.5 Å². The highest BCUT2D eigenvalue weighted by molar-refractivity contribution is 4.80. The topological polar surface area (TPSA) is 12.0 Å². The molecule has 0 radical (unpaired) electrons. The Morgan fingerprint density at radius 2 is 1.87 bits per heavy atom. The van der Waals surface area contributed by atoms with E-state index in [-0.39, 0.29) is 0 Å². The zero-order valence-electron chi connectivity index (χ0n) is 10.9. The molecule has 0 bridgehead atoms. The van der Waals surface area contributed by atoms with Crippen LogP contribution in [0.1, 0.15) is 65.7 Å². The van der Waals surface area contributed by atoms with Crippen LogP contribution < -0.4 is 5.32 Å². The van der Waals surface area contributed by atoms with Crippen LogP contribution in [0, 0.1) is 11.3 Å². The molecule has 1 saturated carbocycles. The van der Waals surface area contributed by atoms with Crippen molar-refractivity contribution in [2.45, 2.75) is 65.7 Å². The maximum Gasteiger partial charge on any atom is 0.000527 e. The van der Waals surface area contributed by atoms with E-state index in [4.69, 9.17) is 0 Å². The number of nitrogens with one attached hydrogen (secondary N) is 1. The van der Waals surface area contributed by atoms with E-state index >= 15 is 0 Å². The van der Waals surface area contributed by atoms with Crippen LogP contribution in [0.25, 0.3) is 0 Å². The fraction of sp³-hybridized carbons (Fsp3) is 1.00. The fourth-order valence-corrected chi connectivity index (χ4v) is 2.80. The van der Waals surface area contributed by atoms with Crippen molar-refractivity contribution in [2.24, 2.45) is 11.3 Å². The molecule has 1 rings (SSSR count). The minimum atomic E-state index is 0.601. The Kier molecular flexibility index (Phi) is 5.66. The molecule has 15 heavy (non-hydrogen) atoms. The highest BCUT2D eigenvalue weighted by atomic mass is 14.9. The quantitative estimate of drug-likeness (QED) is 0.700. The maximum absolute atomic E-state index is 3.68. The second-order valence-electron chi connectivity index (χ2n) is 5.90. The SMILES string of the molecule is CCCC(C)CNCC1(C)CCCCC1. The molecule has 0 aromatic heterocycles. The van der Waals surface area contributed by atoms with Gasteiger partial charge in [0.1, 0.15) is 0 Å². The molecule has 0 amide bonds. The van der Waals surface area contributed by atoms with Crippen molar-refractivity contribution in [1.29, 1.82) is 0 Å². The van der Waals surface area contributed by atoms with Gasteiger partial charge in [-0.2, -0.15) is 0 Å². The number of hydrogen-bond acceptors (Lipinski definition) is 1. The Morgan fingerprint density at radius 3 is 2.47 bits per heavy atom. The first-order valence-electron chi connectivity index (χ1n) is 6.87. The lowest BCUT2D eigenvalue weighted by molar-refractivity contribution is 0.204. The van der Waals surface area contributed by atoms with Gasteiger partial charge in [0.2, 0.25) is 0 Å². The first kappa shape index (κ1) is 13.0. The Balaban J connectivity index is 2.12. The summed E-state index contributed by atoms with van der Waals surface area (Å²) < 4.78 is 0. The molecule has 1 N–H and O–H groups in total. The first-order valence-corrected chi connectivity index (χ1v) is 6.87. The van der Waals surface area contributed by atoms with Gasteiger partial charge in [0.25, 0.3) is 0 Å². The summed E-state index contributed by atoms with van der Waals surface area (Å²) in [5.41, 5.74) is 0.601. The Bertz CT molecular complexity index is 159. The minimum Gasteiger partial charge on any atom is -0.316 e. The lowest BCUT2D eigenvalue weighted by atomic mass is 9.75. The van der Waals surface area contributed by atoms with E-state index < -0.39 is 0 Å². The van der Waals surface area contributed by atoms with Gasteiger partial charge in [0.15, 0.2) is 0 Å². The maximum atomic E-state index is 3.68. The molecule has 0 aliphatic heterocycles. The number of rotatable bonds is 6. The predicted molar refractivity (Wildman–Crippen MR) is 68.1 cm³/mol. The van der Waals surface area contributed by atoms with Crippen LogP contribution in [-0.2, 0) is 0 Å². The molecule has 0 spiro atoms. The molecular weight excluding hydrogens is 182 g/mol. The molecule has 1 nitrogen and oxygen atoms in total. The summed E-state index contributed by atoms with van der Waals surface area (Å²) >= 11 is 0. The molecule has 1 atom stereocenters. The van der Waals surface area contributed by atoms with Crippen LogP contribution in [0.15, 0.2) is 0 Å². The van der Waals surface area contributed by atoms with Gasteiger partial charge in [-0.3, -0.25) is 0 Å². The van der Waals surface area contributed by atoms with Gasteiger partial charge < -0.3 is 5.32 Å². The third-order valence-electron chi connectivity index (χ3n) is 3.89. The van der Waals surface area contributed by atoms with Crippen molar-refractivity contribution in [3.8, 4) is 0 Å². The van der Waals surface area contributed by atoms with E-state index in [0.717, 1.165) is 5.92 Å². The average molecular weight is 211 g/mol. The second kappa shape index (κ2) is 6.52. The fourth-order valence-electron chi connectivity index (χ4n) is 2.80. The average Bonchev–Trinajstić information content (AvgIpc) is 2.19. The third-order valence-corrected chi connectivity index (χ3v) is 3.89. The normalized spacial score (nSPS) is 22.6. The monoisotopic (exact) mass is 211 g/mol. The third kappa shape index (κ3) is 5.01. The van der Waals surface area contributed by atoms with Crippen LogP contribution in [0.5, 0.6) is 0 Å². The molecule has 1 aliphatic rings. The summed E-state index contributed by atoms with van der Waals surface area (Å²) in [5.74, 6) is 0.849. The molecule has 0 aromatic carbocycles. The van der Waals surface area contributed by atoms with Crippen LogP contribution in [0.3, 0.4) is 0 Å². The van der Waals surface area contributed by atoms with Gasteiger partial charge in [-0.25, -0.2) is 0 Å². The van der Waals surface area contributed by atoms with Crippen LogP contribution in [-0.4, -0.2) is 13.1 Å². The smallest absolute Gasteiger partial charge is 0.000527 e. The van der Waals surface area contributed by atoms with Gasteiger partial charge in [-0.05, 0) is 37.1 Å². The van der Waals surface area contributed by atoms with Crippen molar-refractivity contribution in [3.63, 3.8) is 0 Å². The zero-order chi connectivity index (χ0) is 11.1. The van der Waals surface area contributed by atoms with E-state index in [9.17, 15) is 0 Å². The van der Waals surface area contributed by atoms with Crippen LogP contribution >= 0.6 is 0 Å². The molecular formula is C14H29N. The van der Waals surface area contributed by atoms with E-state index in [0.29, 0.717) is 5.41 Å². The van der Waals surface area contributed by atoms with E-state index in [2.05, 4.69) is 26.1 Å². The van der Waals surface area contributed by atoms with Gasteiger partial charge in [0.05, 0.1) is 0 Å². The molecule has 90 valence electrons. The van der Waals surface area contributed by atoms with Crippen molar-refractivity contribution in [2.75, 3.05) is 13.1 Å². The van der Waals surface area contributed by atoms with Gasteiger partial charge in [0, 0.05) is 6.54 Å². The highest BCUT2D eigenvalue weighted by Crippen LogP contribution is 2.34. The predicted octanol–water partition coefficient (Wildman–Crippen LogP) is 3.98. The second-order valence-corrected chi connectivity index (χ2v) is 5.90. The van der Waals surface area contributed by atoms with Crippen LogP contribution in [0.4, 0.5) is 0 Å². The molecule has 0 saturated heterocycles. The largest absolute Gasteiger partial charge is 0.316 e. The summed E-state index contributed by atoms with van der Waals surface area (Å²) in [6, 6.07) is 0. The van der Waals surface area contributed by atoms with Crippen molar-refractivity contribution < 1.29 is 0 Å². The molecule has 1 unspecified atom stereocenters. The van der Waals surface area contributed by atoms with Crippen molar-refractivity contribution in [3.05, 3.63) is 0 Å². The zero-order valence-corrected chi connectivity index (χ0v) is 10.9. The molecule has 0 aromatic rings. The van der Waals surface area contributed by atoms with E-state index in [1.54, 1.807) is 0 Å². The minimum absolute atomic E-state index is 0.601.